The van der Waals surface area contributed by atoms with Crippen molar-refractivity contribution < 1.29 is 9.90 Å². The standard InChI is InChI=1S/C10H12N2O2/c1-7-4-8(2-3-11-7)10(14)12-5-9(13)6-12/h2-4,9,13H,5-6H2,1H3. The zero-order valence-corrected chi connectivity index (χ0v) is 7.97. The highest BCUT2D eigenvalue weighted by atomic mass is 16.3. The second-order valence-electron chi connectivity index (χ2n) is 3.55. The van der Waals surface area contributed by atoms with Crippen LogP contribution >= 0.6 is 0 Å². The molecule has 4 heteroatoms. The van der Waals surface area contributed by atoms with Crippen molar-refractivity contribution >= 4 is 5.91 Å². The average Bonchev–Trinajstić information content (AvgIpc) is 2.12. The number of aromatic nitrogens is 1. The molecule has 0 unspecified atom stereocenters. The first-order valence-corrected chi connectivity index (χ1v) is 4.57. The number of aliphatic hydroxyl groups is 1. The van der Waals surface area contributed by atoms with Crippen LogP contribution in [0.5, 0.6) is 0 Å². The molecule has 1 aromatic heterocycles. The molecule has 1 aromatic rings. The molecular weight excluding hydrogens is 180 g/mol. The maximum absolute atomic E-state index is 11.7. The lowest BCUT2D eigenvalue weighted by Crippen LogP contribution is -2.53. The van der Waals surface area contributed by atoms with Crippen LogP contribution in [0.4, 0.5) is 0 Å². The SMILES string of the molecule is Cc1cc(C(=O)N2CC(O)C2)ccn1. The zero-order valence-electron chi connectivity index (χ0n) is 7.97. The maximum Gasteiger partial charge on any atom is 0.254 e. The summed E-state index contributed by atoms with van der Waals surface area (Å²) >= 11 is 0. The van der Waals surface area contributed by atoms with Gasteiger partial charge in [0.25, 0.3) is 5.91 Å². The lowest BCUT2D eigenvalue weighted by molar-refractivity contribution is 0.00588. The molecule has 2 rings (SSSR count). The summed E-state index contributed by atoms with van der Waals surface area (Å²) in [6.07, 6.45) is 1.28. The molecule has 74 valence electrons. The number of amides is 1. The Kier molecular flexibility index (Phi) is 2.21. The average molecular weight is 192 g/mol. The highest BCUT2D eigenvalue weighted by Crippen LogP contribution is 2.13. The quantitative estimate of drug-likeness (QED) is 0.692. The summed E-state index contributed by atoms with van der Waals surface area (Å²) in [5, 5.41) is 9.06. The van der Waals surface area contributed by atoms with E-state index in [1.807, 2.05) is 6.92 Å². The summed E-state index contributed by atoms with van der Waals surface area (Å²) in [4.78, 5) is 17.4. The summed E-state index contributed by atoms with van der Waals surface area (Å²) in [5.41, 5.74) is 1.47. The van der Waals surface area contributed by atoms with Crippen LogP contribution in [0.1, 0.15) is 16.1 Å². The van der Waals surface area contributed by atoms with Crippen molar-refractivity contribution in [2.75, 3.05) is 13.1 Å². The Morgan fingerprint density at radius 2 is 2.36 bits per heavy atom. The molecular formula is C10H12N2O2. The predicted molar refractivity (Wildman–Crippen MR) is 50.9 cm³/mol. The number of nitrogens with zero attached hydrogens (tertiary/aromatic N) is 2. The molecule has 0 aliphatic carbocycles. The Morgan fingerprint density at radius 1 is 1.64 bits per heavy atom. The van der Waals surface area contributed by atoms with Gasteiger partial charge in [0.2, 0.25) is 0 Å². The summed E-state index contributed by atoms with van der Waals surface area (Å²) in [6, 6.07) is 3.45. The van der Waals surface area contributed by atoms with Gasteiger partial charge in [0.15, 0.2) is 0 Å². The van der Waals surface area contributed by atoms with Crippen LogP contribution in [0.3, 0.4) is 0 Å². The van der Waals surface area contributed by atoms with Gasteiger partial charge in [-0.1, -0.05) is 0 Å². The molecule has 0 saturated carbocycles. The molecule has 1 aliphatic heterocycles. The van der Waals surface area contributed by atoms with Gasteiger partial charge in [-0.2, -0.15) is 0 Å². The minimum Gasteiger partial charge on any atom is -0.389 e. The van der Waals surface area contributed by atoms with Crippen molar-refractivity contribution in [3.05, 3.63) is 29.6 Å². The number of hydrogen-bond acceptors (Lipinski definition) is 3. The molecule has 1 saturated heterocycles. The van der Waals surface area contributed by atoms with Crippen LogP contribution in [0.15, 0.2) is 18.3 Å². The minimum atomic E-state index is -0.345. The molecule has 14 heavy (non-hydrogen) atoms. The first kappa shape index (κ1) is 9.15. The van der Waals surface area contributed by atoms with Gasteiger partial charge in [0.1, 0.15) is 0 Å². The number of pyridine rings is 1. The number of β-amino-alcohol motifs (C(OH)–C–C–N with tert-alkyl or cyclic N) is 1. The van der Waals surface area contributed by atoms with Gasteiger partial charge in [-0.25, -0.2) is 0 Å². The minimum absolute atomic E-state index is 0.0270. The summed E-state index contributed by atoms with van der Waals surface area (Å²) in [5.74, 6) is -0.0270. The molecule has 0 bridgehead atoms. The number of aryl methyl sites for hydroxylation is 1. The number of aliphatic hydroxyl groups excluding tert-OH is 1. The van der Waals surface area contributed by atoms with Gasteiger partial charge in [0.05, 0.1) is 6.10 Å². The second kappa shape index (κ2) is 3.38. The predicted octanol–water partition coefficient (Wildman–Crippen LogP) is 0.207. The molecule has 4 nitrogen and oxygen atoms in total. The van der Waals surface area contributed by atoms with Crippen LogP contribution in [0.2, 0.25) is 0 Å². The first-order chi connectivity index (χ1) is 6.66. The van der Waals surface area contributed by atoms with Crippen LogP contribution in [-0.4, -0.2) is 40.1 Å². The molecule has 1 amide bonds. The van der Waals surface area contributed by atoms with E-state index in [-0.39, 0.29) is 12.0 Å². The van der Waals surface area contributed by atoms with E-state index in [2.05, 4.69) is 4.98 Å². The van der Waals surface area contributed by atoms with Crippen molar-refractivity contribution in [3.63, 3.8) is 0 Å². The van der Waals surface area contributed by atoms with Gasteiger partial charge in [-0.3, -0.25) is 9.78 Å². The summed E-state index contributed by atoms with van der Waals surface area (Å²) in [7, 11) is 0. The van der Waals surface area contributed by atoms with Gasteiger partial charge >= 0.3 is 0 Å². The number of hydrogen-bond donors (Lipinski definition) is 1. The third-order valence-electron chi connectivity index (χ3n) is 2.29. The third-order valence-corrected chi connectivity index (χ3v) is 2.29. The van der Waals surface area contributed by atoms with E-state index in [4.69, 9.17) is 5.11 Å². The third kappa shape index (κ3) is 1.61. The zero-order chi connectivity index (χ0) is 10.1. The maximum atomic E-state index is 11.7. The largest absolute Gasteiger partial charge is 0.389 e. The molecule has 1 fully saturated rings. The van der Waals surface area contributed by atoms with Crippen LogP contribution < -0.4 is 0 Å². The number of carbonyl (C=O) groups is 1. The second-order valence-corrected chi connectivity index (χ2v) is 3.55. The van der Waals surface area contributed by atoms with Crippen molar-refractivity contribution in [2.45, 2.75) is 13.0 Å². The first-order valence-electron chi connectivity index (χ1n) is 4.57. The smallest absolute Gasteiger partial charge is 0.254 e. The van der Waals surface area contributed by atoms with E-state index in [1.54, 1.807) is 23.2 Å². The lowest BCUT2D eigenvalue weighted by Gasteiger charge is -2.35. The summed E-state index contributed by atoms with van der Waals surface area (Å²) in [6.45, 7) is 2.74. The molecule has 0 radical (unpaired) electrons. The van der Waals surface area contributed by atoms with Gasteiger partial charge in [0, 0.05) is 30.5 Å². The Hall–Kier alpha value is -1.42. The fraction of sp³-hybridized carbons (Fsp3) is 0.400. The topological polar surface area (TPSA) is 53.4 Å². The van der Waals surface area contributed by atoms with E-state index >= 15 is 0 Å². The molecule has 0 atom stereocenters. The van der Waals surface area contributed by atoms with Gasteiger partial charge in [-0.05, 0) is 19.1 Å². The van der Waals surface area contributed by atoms with Crippen LogP contribution in [0, 0.1) is 6.92 Å². The van der Waals surface area contributed by atoms with Crippen LogP contribution in [0.25, 0.3) is 0 Å². The lowest BCUT2D eigenvalue weighted by atomic mass is 10.1. The molecule has 1 aliphatic rings. The summed E-state index contributed by atoms with van der Waals surface area (Å²) < 4.78 is 0. The fourth-order valence-corrected chi connectivity index (χ4v) is 1.48. The van der Waals surface area contributed by atoms with Gasteiger partial charge < -0.3 is 10.0 Å². The Balaban J connectivity index is 2.12. The molecule has 0 spiro atoms. The normalized spacial score (nSPS) is 16.6. The van der Waals surface area contributed by atoms with Crippen LogP contribution in [-0.2, 0) is 0 Å². The molecule has 1 N–H and O–H groups in total. The van der Waals surface area contributed by atoms with E-state index < -0.39 is 0 Å². The molecule has 2 heterocycles. The number of carbonyl (C=O) groups excluding carboxylic acids is 1. The number of rotatable bonds is 1. The highest BCUT2D eigenvalue weighted by molar-refractivity contribution is 5.94. The monoisotopic (exact) mass is 192 g/mol. The van der Waals surface area contributed by atoms with Crippen molar-refractivity contribution in [3.8, 4) is 0 Å². The highest BCUT2D eigenvalue weighted by Gasteiger charge is 2.29. The van der Waals surface area contributed by atoms with Crippen molar-refractivity contribution in [1.29, 1.82) is 0 Å². The Morgan fingerprint density at radius 3 is 2.93 bits per heavy atom. The van der Waals surface area contributed by atoms with Gasteiger partial charge in [-0.15, -0.1) is 0 Å². The van der Waals surface area contributed by atoms with E-state index in [0.717, 1.165) is 5.69 Å². The van der Waals surface area contributed by atoms with E-state index in [1.165, 1.54) is 0 Å². The fourth-order valence-electron chi connectivity index (χ4n) is 1.48. The van der Waals surface area contributed by atoms with E-state index in [0.29, 0.717) is 18.7 Å². The Labute approximate surface area is 82.2 Å². The van der Waals surface area contributed by atoms with E-state index in [9.17, 15) is 4.79 Å². The van der Waals surface area contributed by atoms with Crippen molar-refractivity contribution in [1.82, 2.24) is 9.88 Å². The van der Waals surface area contributed by atoms with Crippen molar-refractivity contribution in [2.24, 2.45) is 0 Å². The molecule has 0 aromatic carbocycles. The number of likely N-dealkylation sites (tertiary alicyclic amines) is 1. The Bertz CT molecular complexity index is 359.